The molecule has 0 saturated heterocycles. The first-order valence-corrected chi connectivity index (χ1v) is 3.90. The van der Waals surface area contributed by atoms with Crippen LogP contribution in [-0.4, -0.2) is 30.0 Å². The summed E-state index contributed by atoms with van der Waals surface area (Å²) in [7, 11) is 0. The zero-order valence-corrected chi connectivity index (χ0v) is 7.37. The van der Waals surface area contributed by atoms with Crippen molar-refractivity contribution in [1.29, 1.82) is 0 Å². The molecule has 15 heavy (non-hydrogen) atoms. The number of aromatic carboxylic acids is 1. The monoisotopic (exact) mass is 219 g/mol. The highest BCUT2D eigenvalue weighted by Crippen LogP contribution is 2.07. The summed E-state index contributed by atoms with van der Waals surface area (Å²) in [4.78, 5) is 21.4. The van der Waals surface area contributed by atoms with Crippen molar-refractivity contribution in [3.8, 4) is 0 Å². The van der Waals surface area contributed by atoms with Crippen LogP contribution in [0.2, 0.25) is 0 Å². The second-order valence-corrected chi connectivity index (χ2v) is 2.57. The van der Waals surface area contributed by atoms with E-state index in [0.717, 1.165) is 12.1 Å². The number of halogens is 2. The molecule has 0 unspecified atom stereocenters. The molecule has 0 spiro atoms. The number of carboxylic acids is 1. The number of hydrogen-bond acceptors (Lipinski definition) is 3. The van der Waals surface area contributed by atoms with Gasteiger partial charge in [0.25, 0.3) is 12.3 Å². The number of nitrogens with one attached hydrogen (secondary N) is 1. The van der Waals surface area contributed by atoms with Gasteiger partial charge in [-0.1, -0.05) is 0 Å². The van der Waals surface area contributed by atoms with Crippen LogP contribution >= 0.6 is 0 Å². The summed E-state index contributed by atoms with van der Waals surface area (Å²) in [6.07, 6.45) is -2.66. The quantitative estimate of drug-likeness (QED) is 0.790. The minimum Gasteiger partial charge on any atom is -0.475 e. The molecule has 0 bridgehead atoms. The fourth-order valence-corrected chi connectivity index (χ4v) is 0.832. The molecule has 0 aliphatic carbocycles. The Morgan fingerprint density at radius 1 is 1.40 bits per heavy atom. The zero-order chi connectivity index (χ0) is 11.4. The van der Waals surface area contributed by atoms with E-state index in [0.29, 0.717) is 0 Å². The average molecular weight is 219 g/mol. The van der Waals surface area contributed by atoms with Gasteiger partial charge in [0, 0.05) is 0 Å². The van der Waals surface area contributed by atoms with E-state index in [4.69, 9.17) is 5.11 Å². The topological polar surface area (TPSA) is 79.5 Å². The molecule has 0 fully saturated rings. The first-order valence-electron chi connectivity index (χ1n) is 3.90. The Bertz CT molecular complexity index is 374. The van der Waals surface area contributed by atoms with E-state index in [9.17, 15) is 18.4 Å². The molecule has 0 aliphatic heterocycles. The van der Waals surface area contributed by atoms with Gasteiger partial charge in [-0.2, -0.15) is 0 Å². The molecule has 1 aromatic heterocycles. The van der Waals surface area contributed by atoms with Gasteiger partial charge < -0.3 is 14.8 Å². The van der Waals surface area contributed by atoms with E-state index in [-0.39, 0.29) is 5.76 Å². The van der Waals surface area contributed by atoms with Crippen LogP contribution in [0.4, 0.5) is 8.78 Å². The summed E-state index contributed by atoms with van der Waals surface area (Å²) in [6, 6.07) is 2.17. The Morgan fingerprint density at radius 2 is 2.00 bits per heavy atom. The van der Waals surface area contributed by atoms with Crippen LogP contribution in [0.25, 0.3) is 0 Å². The van der Waals surface area contributed by atoms with Crippen LogP contribution in [0.15, 0.2) is 16.5 Å². The second-order valence-electron chi connectivity index (χ2n) is 2.57. The molecule has 1 rings (SSSR count). The summed E-state index contributed by atoms with van der Waals surface area (Å²) < 4.78 is 28.0. The second kappa shape index (κ2) is 4.54. The van der Waals surface area contributed by atoms with Gasteiger partial charge in [-0.15, -0.1) is 0 Å². The van der Waals surface area contributed by atoms with Crippen molar-refractivity contribution in [2.45, 2.75) is 6.43 Å². The molecule has 1 aromatic rings. The molecule has 0 saturated carbocycles. The van der Waals surface area contributed by atoms with Crippen molar-refractivity contribution < 1.29 is 27.9 Å². The highest BCUT2D eigenvalue weighted by atomic mass is 19.3. The zero-order valence-electron chi connectivity index (χ0n) is 7.37. The first kappa shape index (κ1) is 11.2. The van der Waals surface area contributed by atoms with Gasteiger partial charge in [0.15, 0.2) is 5.76 Å². The Hall–Kier alpha value is -1.92. The highest BCUT2D eigenvalue weighted by Gasteiger charge is 2.15. The number of furan rings is 1. The molecule has 0 aromatic carbocycles. The van der Waals surface area contributed by atoms with E-state index >= 15 is 0 Å². The predicted molar refractivity (Wildman–Crippen MR) is 44.0 cm³/mol. The van der Waals surface area contributed by atoms with Crippen LogP contribution in [0, 0.1) is 0 Å². The smallest absolute Gasteiger partial charge is 0.371 e. The van der Waals surface area contributed by atoms with Crippen LogP contribution < -0.4 is 5.32 Å². The fourth-order valence-electron chi connectivity index (χ4n) is 0.832. The minimum absolute atomic E-state index is 0.312. The van der Waals surface area contributed by atoms with Crippen molar-refractivity contribution in [2.75, 3.05) is 6.54 Å². The van der Waals surface area contributed by atoms with E-state index in [2.05, 4.69) is 4.42 Å². The van der Waals surface area contributed by atoms with Crippen molar-refractivity contribution in [1.82, 2.24) is 5.32 Å². The van der Waals surface area contributed by atoms with Crippen LogP contribution in [-0.2, 0) is 0 Å². The largest absolute Gasteiger partial charge is 0.475 e. The van der Waals surface area contributed by atoms with Crippen LogP contribution in [0.5, 0.6) is 0 Å². The molecule has 1 amide bonds. The SMILES string of the molecule is O=C(O)c1ccc(C(=O)NCC(F)F)o1. The van der Waals surface area contributed by atoms with Gasteiger partial charge in [-0.05, 0) is 12.1 Å². The predicted octanol–water partition coefficient (Wildman–Crippen LogP) is 0.973. The van der Waals surface area contributed by atoms with E-state index in [1.165, 1.54) is 0 Å². The van der Waals surface area contributed by atoms with E-state index in [1.54, 1.807) is 0 Å². The lowest BCUT2D eigenvalue weighted by molar-refractivity contribution is 0.0658. The third-order valence-corrected chi connectivity index (χ3v) is 1.46. The number of amides is 1. The van der Waals surface area contributed by atoms with Crippen molar-refractivity contribution in [2.24, 2.45) is 0 Å². The molecule has 0 atom stereocenters. The Morgan fingerprint density at radius 3 is 2.47 bits per heavy atom. The minimum atomic E-state index is -2.66. The molecule has 5 nitrogen and oxygen atoms in total. The molecule has 0 radical (unpaired) electrons. The fraction of sp³-hybridized carbons (Fsp3) is 0.250. The van der Waals surface area contributed by atoms with Crippen molar-refractivity contribution in [3.63, 3.8) is 0 Å². The molecular weight excluding hydrogens is 212 g/mol. The van der Waals surface area contributed by atoms with Gasteiger partial charge in [0.05, 0.1) is 6.54 Å². The molecule has 2 N–H and O–H groups in total. The maximum Gasteiger partial charge on any atom is 0.371 e. The maximum atomic E-state index is 11.7. The number of carbonyl (C=O) groups excluding carboxylic acids is 1. The third kappa shape index (κ3) is 3.04. The molecule has 7 heteroatoms. The summed E-state index contributed by atoms with van der Waals surface area (Å²) in [6.45, 7) is -0.804. The number of hydrogen-bond donors (Lipinski definition) is 2. The Balaban J connectivity index is 2.62. The van der Waals surface area contributed by atoms with Crippen molar-refractivity contribution >= 4 is 11.9 Å². The number of alkyl halides is 2. The van der Waals surface area contributed by atoms with Gasteiger partial charge in [-0.25, -0.2) is 13.6 Å². The van der Waals surface area contributed by atoms with Crippen LogP contribution in [0.1, 0.15) is 21.1 Å². The lowest BCUT2D eigenvalue weighted by atomic mass is 10.4. The molecular formula is C8H7F2NO4. The first-order chi connectivity index (χ1) is 7.00. The third-order valence-electron chi connectivity index (χ3n) is 1.46. The number of carboxylic acid groups (broad SMARTS) is 1. The number of carbonyl (C=O) groups is 2. The van der Waals surface area contributed by atoms with Gasteiger partial charge in [0.1, 0.15) is 0 Å². The van der Waals surface area contributed by atoms with E-state index in [1.807, 2.05) is 5.32 Å². The molecule has 1 heterocycles. The Kier molecular flexibility index (Phi) is 3.37. The average Bonchev–Trinajstić information content (AvgIpc) is 2.62. The Labute approximate surface area is 82.7 Å². The van der Waals surface area contributed by atoms with Gasteiger partial charge >= 0.3 is 5.97 Å². The standard InChI is InChI=1S/C8H7F2NO4/c9-6(10)3-11-7(12)4-1-2-5(15-4)8(13)14/h1-2,6H,3H2,(H,11,12)(H,13,14). The van der Waals surface area contributed by atoms with Gasteiger partial charge in [-0.3, -0.25) is 4.79 Å². The lowest BCUT2D eigenvalue weighted by Crippen LogP contribution is -2.28. The molecule has 0 aliphatic rings. The molecule has 82 valence electrons. The summed E-state index contributed by atoms with van der Waals surface area (Å²) in [5.74, 6) is -2.93. The van der Waals surface area contributed by atoms with Crippen molar-refractivity contribution in [3.05, 3.63) is 23.7 Å². The van der Waals surface area contributed by atoms with Crippen LogP contribution in [0.3, 0.4) is 0 Å². The summed E-state index contributed by atoms with van der Waals surface area (Å²) in [5, 5.41) is 10.3. The highest BCUT2D eigenvalue weighted by molar-refractivity contribution is 5.93. The maximum absolute atomic E-state index is 11.7. The van der Waals surface area contributed by atoms with Gasteiger partial charge in [0.2, 0.25) is 5.76 Å². The summed E-state index contributed by atoms with van der Waals surface area (Å²) >= 11 is 0. The lowest BCUT2D eigenvalue weighted by Gasteiger charge is -2.00. The summed E-state index contributed by atoms with van der Waals surface area (Å²) in [5.41, 5.74) is 0. The number of rotatable bonds is 4. The van der Waals surface area contributed by atoms with E-state index < -0.39 is 30.6 Å². The normalized spacial score (nSPS) is 10.3.